The van der Waals surface area contributed by atoms with Crippen molar-refractivity contribution in [2.45, 2.75) is 25.6 Å². The minimum atomic E-state index is 0.374. The van der Waals surface area contributed by atoms with Gasteiger partial charge in [-0.15, -0.1) is 0 Å². The van der Waals surface area contributed by atoms with Gasteiger partial charge in [0.05, 0.1) is 5.69 Å². The molecule has 0 saturated carbocycles. The van der Waals surface area contributed by atoms with Gasteiger partial charge >= 0.3 is 0 Å². The maximum Gasteiger partial charge on any atom is 0.191 e. The molecule has 1 unspecified atom stereocenters. The van der Waals surface area contributed by atoms with Crippen LogP contribution in [-0.2, 0) is 13.2 Å². The number of pyridine rings is 1. The summed E-state index contributed by atoms with van der Waals surface area (Å²) in [6.45, 7) is 3.16. The molecule has 3 aromatic rings. The van der Waals surface area contributed by atoms with Gasteiger partial charge in [0.2, 0.25) is 0 Å². The van der Waals surface area contributed by atoms with E-state index < -0.39 is 0 Å². The fraction of sp³-hybridized carbons (Fsp3) is 0.280. The Bertz CT molecular complexity index is 977. The number of hydrogen-bond acceptors (Lipinski definition) is 4. The Balaban J connectivity index is 1.26. The molecule has 0 spiro atoms. The van der Waals surface area contributed by atoms with Crippen LogP contribution in [0.5, 0.6) is 5.75 Å². The molecule has 0 bridgehead atoms. The topological polar surface area (TPSA) is 61.8 Å². The molecule has 1 saturated heterocycles. The van der Waals surface area contributed by atoms with Crippen LogP contribution in [0, 0.1) is 0 Å². The van der Waals surface area contributed by atoms with Crippen molar-refractivity contribution < 1.29 is 4.74 Å². The molecule has 1 aromatic heterocycles. The fourth-order valence-electron chi connectivity index (χ4n) is 3.71. The van der Waals surface area contributed by atoms with E-state index in [0.717, 1.165) is 42.5 Å². The Morgan fingerprint density at radius 1 is 1.10 bits per heavy atom. The molecule has 4 rings (SSSR count). The molecule has 1 fully saturated rings. The Morgan fingerprint density at radius 3 is 2.77 bits per heavy atom. The molecule has 2 N–H and O–H groups in total. The van der Waals surface area contributed by atoms with Gasteiger partial charge in [-0.25, -0.2) is 0 Å². The lowest BCUT2D eigenvalue weighted by Crippen LogP contribution is -2.44. The Labute approximate surface area is 184 Å². The lowest BCUT2D eigenvalue weighted by molar-refractivity contribution is 0.301. The first-order valence-corrected chi connectivity index (χ1v) is 10.7. The largest absolute Gasteiger partial charge is 0.487 e. The second-order valence-corrected chi connectivity index (χ2v) is 7.59. The summed E-state index contributed by atoms with van der Waals surface area (Å²) < 4.78 is 5.89. The Morgan fingerprint density at radius 2 is 1.97 bits per heavy atom. The van der Waals surface area contributed by atoms with E-state index in [1.807, 2.05) is 37.4 Å². The molecule has 31 heavy (non-hydrogen) atoms. The van der Waals surface area contributed by atoms with Crippen LogP contribution in [-0.4, -0.2) is 37.1 Å². The molecular formula is C25H29N5O. The van der Waals surface area contributed by atoms with Crippen LogP contribution in [0.4, 0.5) is 5.69 Å². The number of aliphatic imine (C=N–C) groups is 1. The first-order valence-electron chi connectivity index (χ1n) is 10.7. The average molecular weight is 416 g/mol. The van der Waals surface area contributed by atoms with Crippen LogP contribution in [0.2, 0.25) is 0 Å². The lowest BCUT2D eigenvalue weighted by Gasteiger charge is -2.20. The summed E-state index contributed by atoms with van der Waals surface area (Å²) >= 11 is 0. The van der Waals surface area contributed by atoms with Gasteiger partial charge in [-0.2, -0.15) is 0 Å². The van der Waals surface area contributed by atoms with Gasteiger partial charge in [0.1, 0.15) is 12.4 Å². The molecule has 160 valence electrons. The fourth-order valence-corrected chi connectivity index (χ4v) is 3.71. The van der Waals surface area contributed by atoms with Gasteiger partial charge in [-0.05, 0) is 48.4 Å². The third-order valence-electron chi connectivity index (χ3n) is 5.35. The molecule has 2 heterocycles. The van der Waals surface area contributed by atoms with Crippen molar-refractivity contribution in [1.29, 1.82) is 0 Å². The van der Waals surface area contributed by atoms with Crippen molar-refractivity contribution in [3.05, 3.63) is 90.3 Å². The molecule has 0 amide bonds. The zero-order valence-electron chi connectivity index (χ0n) is 17.9. The van der Waals surface area contributed by atoms with E-state index in [0.29, 0.717) is 19.2 Å². The van der Waals surface area contributed by atoms with Crippen LogP contribution < -0.4 is 20.3 Å². The summed E-state index contributed by atoms with van der Waals surface area (Å²) in [5.74, 6) is 1.65. The minimum Gasteiger partial charge on any atom is -0.487 e. The van der Waals surface area contributed by atoms with Crippen molar-refractivity contribution in [2.24, 2.45) is 4.99 Å². The Kier molecular flexibility index (Phi) is 7.00. The molecule has 2 aromatic carbocycles. The maximum atomic E-state index is 5.89. The van der Waals surface area contributed by atoms with Gasteiger partial charge in [0.25, 0.3) is 0 Å². The zero-order chi connectivity index (χ0) is 21.3. The normalized spacial score (nSPS) is 16.2. The number of para-hydroxylation sites is 1. The van der Waals surface area contributed by atoms with Crippen LogP contribution in [0.1, 0.15) is 17.7 Å². The van der Waals surface area contributed by atoms with Crippen molar-refractivity contribution in [1.82, 2.24) is 15.6 Å². The highest BCUT2D eigenvalue weighted by Gasteiger charge is 2.23. The second-order valence-electron chi connectivity index (χ2n) is 7.59. The predicted octanol–water partition coefficient (Wildman–Crippen LogP) is 3.60. The number of aromatic nitrogens is 1. The number of benzene rings is 2. The summed E-state index contributed by atoms with van der Waals surface area (Å²) in [5.41, 5.74) is 3.33. The number of nitrogens with zero attached hydrogens (tertiary/aromatic N) is 3. The molecule has 6 nitrogen and oxygen atoms in total. The number of guanidine groups is 1. The third-order valence-corrected chi connectivity index (χ3v) is 5.35. The smallest absolute Gasteiger partial charge is 0.191 e. The summed E-state index contributed by atoms with van der Waals surface area (Å²) in [6.07, 6.45) is 2.87. The number of hydrogen-bond donors (Lipinski definition) is 2. The zero-order valence-corrected chi connectivity index (χ0v) is 17.9. The first-order chi connectivity index (χ1) is 15.3. The van der Waals surface area contributed by atoms with Crippen LogP contribution in [0.15, 0.2) is 84.0 Å². The summed E-state index contributed by atoms with van der Waals surface area (Å²) in [4.78, 5) is 11.1. The summed E-state index contributed by atoms with van der Waals surface area (Å²) in [7, 11) is 1.81. The van der Waals surface area contributed by atoms with E-state index in [1.165, 1.54) is 5.69 Å². The van der Waals surface area contributed by atoms with Gasteiger partial charge in [-0.1, -0.05) is 36.4 Å². The van der Waals surface area contributed by atoms with Gasteiger partial charge < -0.3 is 20.3 Å². The van der Waals surface area contributed by atoms with Gasteiger partial charge in [-0.3, -0.25) is 9.98 Å². The lowest BCUT2D eigenvalue weighted by atomic mass is 10.2. The quantitative estimate of drug-likeness (QED) is 0.456. The number of nitrogens with one attached hydrogen (secondary N) is 2. The van der Waals surface area contributed by atoms with E-state index in [2.05, 4.69) is 68.0 Å². The summed E-state index contributed by atoms with van der Waals surface area (Å²) in [6, 6.07) is 24.9. The average Bonchev–Trinajstić information content (AvgIpc) is 3.30. The molecule has 6 heteroatoms. The standard InChI is InChI=1S/C25H29N5O/c1-26-25(29-21-13-15-30(18-21)23-10-3-2-4-11-23)28-17-20-8-7-12-24(16-20)31-19-22-9-5-6-14-27-22/h2-12,14,16,21H,13,15,17-19H2,1H3,(H2,26,28,29). The van der Waals surface area contributed by atoms with Crippen molar-refractivity contribution in [3.63, 3.8) is 0 Å². The molecular weight excluding hydrogens is 386 g/mol. The van der Waals surface area contributed by atoms with E-state index in [-0.39, 0.29) is 0 Å². The number of anilines is 1. The molecule has 0 aliphatic carbocycles. The van der Waals surface area contributed by atoms with Crippen molar-refractivity contribution >= 4 is 11.6 Å². The molecule has 0 radical (unpaired) electrons. The van der Waals surface area contributed by atoms with E-state index in [4.69, 9.17) is 4.74 Å². The van der Waals surface area contributed by atoms with Gasteiger partial charge in [0.15, 0.2) is 5.96 Å². The highest BCUT2D eigenvalue weighted by molar-refractivity contribution is 5.80. The second kappa shape index (κ2) is 10.5. The minimum absolute atomic E-state index is 0.374. The molecule has 1 aliphatic heterocycles. The van der Waals surface area contributed by atoms with Crippen molar-refractivity contribution in [2.75, 3.05) is 25.0 Å². The first kappa shape index (κ1) is 20.7. The highest BCUT2D eigenvalue weighted by Crippen LogP contribution is 2.19. The SMILES string of the molecule is CN=C(NCc1cccc(OCc2ccccn2)c1)NC1CCN(c2ccccc2)C1. The van der Waals surface area contributed by atoms with Crippen molar-refractivity contribution in [3.8, 4) is 5.75 Å². The summed E-state index contributed by atoms with van der Waals surface area (Å²) in [5, 5.41) is 6.98. The van der Waals surface area contributed by atoms with E-state index >= 15 is 0 Å². The van der Waals surface area contributed by atoms with E-state index in [1.54, 1.807) is 6.20 Å². The molecule has 1 aliphatic rings. The van der Waals surface area contributed by atoms with E-state index in [9.17, 15) is 0 Å². The number of ether oxygens (including phenoxy) is 1. The molecule has 1 atom stereocenters. The van der Waals surface area contributed by atoms with Crippen LogP contribution in [0.25, 0.3) is 0 Å². The third kappa shape index (κ3) is 5.98. The maximum absolute atomic E-state index is 5.89. The van der Waals surface area contributed by atoms with Crippen LogP contribution >= 0.6 is 0 Å². The van der Waals surface area contributed by atoms with Gasteiger partial charge in [0, 0.05) is 44.6 Å². The van der Waals surface area contributed by atoms with Crippen LogP contribution in [0.3, 0.4) is 0 Å². The highest BCUT2D eigenvalue weighted by atomic mass is 16.5. The predicted molar refractivity (Wildman–Crippen MR) is 125 cm³/mol. The Hall–Kier alpha value is -3.54. The number of rotatable bonds is 7. The monoisotopic (exact) mass is 415 g/mol.